The van der Waals surface area contributed by atoms with Gasteiger partial charge in [0.15, 0.2) is 0 Å². The molecule has 4 unspecified atom stereocenters. The lowest BCUT2D eigenvalue weighted by Crippen LogP contribution is -2.30. The van der Waals surface area contributed by atoms with E-state index in [1.807, 2.05) is 18.2 Å². The monoisotopic (exact) mass is 536 g/mol. The second-order valence-electron chi connectivity index (χ2n) is 12.2. The number of allylic oxidation sites excluding steroid dienone is 5. The minimum Gasteiger partial charge on any atom is -0.497 e. The molecule has 2 heterocycles. The highest BCUT2D eigenvalue weighted by atomic mass is 19.1. The molecule has 208 valence electrons. The highest BCUT2D eigenvalue weighted by Gasteiger charge is 2.72. The Kier molecular flexibility index (Phi) is 6.41. The van der Waals surface area contributed by atoms with Gasteiger partial charge in [-0.15, -0.1) is 0 Å². The van der Waals surface area contributed by atoms with Gasteiger partial charge in [0.1, 0.15) is 35.8 Å². The number of hydrogen-bond donors (Lipinski definition) is 1. The zero-order valence-electron chi connectivity index (χ0n) is 23.1. The standard InChI is InChI=1S/C32H37FO6/c1-18-11-27(33)21(12-25(18)29-19(2)9-24(10-20(29)3)39-23-6-8-36-16-23)15-37-22-5-7-31(4)28(13-22)38-17-32(31)14-26(32)30(34)35/h5,9-10,12-13,18,23,26H,6-8,11,14-17H2,1-4H3,(H,34,35)/t18?,23-,26?,31?,32?/m0/s1. The molecule has 0 amide bonds. The molecule has 6 nitrogen and oxygen atoms in total. The Balaban J connectivity index is 1.17. The van der Waals surface area contributed by atoms with Crippen LogP contribution in [0.15, 0.2) is 53.3 Å². The Morgan fingerprint density at radius 2 is 2.00 bits per heavy atom. The average Bonchev–Trinajstić information content (AvgIpc) is 3.30. The van der Waals surface area contributed by atoms with Crippen LogP contribution in [-0.2, 0) is 19.0 Å². The van der Waals surface area contributed by atoms with E-state index in [1.165, 1.54) is 0 Å². The van der Waals surface area contributed by atoms with Crippen molar-refractivity contribution in [2.24, 2.45) is 22.7 Å². The van der Waals surface area contributed by atoms with Crippen LogP contribution in [-0.4, -0.2) is 43.6 Å². The lowest BCUT2D eigenvalue weighted by atomic mass is 9.69. The van der Waals surface area contributed by atoms with Crippen molar-refractivity contribution < 1.29 is 33.2 Å². The van der Waals surface area contributed by atoms with E-state index in [1.54, 1.807) is 0 Å². The maximum Gasteiger partial charge on any atom is 0.307 e. The summed E-state index contributed by atoms with van der Waals surface area (Å²) in [5.74, 6) is 1.06. The second kappa shape index (κ2) is 9.54. The van der Waals surface area contributed by atoms with Crippen LogP contribution in [0.2, 0.25) is 0 Å². The van der Waals surface area contributed by atoms with Crippen molar-refractivity contribution in [1.82, 2.24) is 0 Å². The predicted molar refractivity (Wildman–Crippen MR) is 145 cm³/mol. The molecular formula is C32H37FO6. The second-order valence-corrected chi connectivity index (χ2v) is 12.2. The van der Waals surface area contributed by atoms with Crippen molar-refractivity contribution in [3.05, 3.63) is 70.0 Å². The van der Waals surface area contributed by atoms with Crippen LogP contribution in [0.1, 0.15) is 56.2 Å². The molecule has 5 atom stereocenters. The van der Waals surface area contributed by atoms with E-state index in [0.717, 1.165) is 46.8 Å². The maximum atomic E-state index is 15.1. The van der Waals surface area contributed by atoms with Crippen molar-refractivity contribution >= 4 is 11.5 Å². The highest BCUT2D eigenvalue weighted by Crippen LogP contribution is 2.71. The van der Waals surface area contributed by atoms with Gasteiger partial charge >= 0.3 is 5.97 Å². The topological polar surface area (TPSA) is 74.2 Å². The zero-order valence-corrected chi connectivity index (χ0v) is 23.1. The molecule has 0 bridgehead atoms. The summed E-state index contributed by atoms with van der Waals surface area (Å²) in [6.07, 6.45) is 8.43. The van der Waals surface area contributed by atoms with Gasteiger partial charge in [-0.25, -0.2) is 4.39 Å². The lowest BCUT2D eigenvalue weighted by Gasteiger charge is -2.32. The Bertz CT molecular complexity index is 1310. The van der Waals surface area contributed by atoms with E-state index in [9.17, 15) is 9.90 Å². The first-order valence-corrected chi connectivity index (χ1v) is 14.0. The van der Waals surface area contributed by atoms with Crippen LogP contribution in [0.5, 0.6) is 5.75 Å². The van der Waals surface area contributed by atoms with Gasteiger partial charge in [0.25, 0.3) is 0 Å². The molecule has 3 fully saturated rings. The molecule has 5 aliphatic rings. The van der Waals surface area contributed by atoms with Crippen LogP contribution < -0.4 is 4.74 Å². The Hall–Kier alpha value is -3.06. The number of carbonyl (C=O) groups is 1. The maximum absolute atomic E-state index is 15.1. The van der Waals surface area contributed by atoms with E-state index in [0.29, 0.717) is 43.8 Å². The minimum absolute atomic E-state index is 0.0432. The van der Waals surface area contributed by atoms with Crippen LogP contribution in [0.25, 0.3) is 5.57 Å². The van der Waals surface area contributed by atoms with Crippen molar-refractivity contribution in [2.75, 3.05) is 26.4 Å². The number of fused-ring (bicyclic) bond motifs is 2. The molecule has 6 rings (SSSR count). The first-order chi connectivity index (χ1) is 18.6. The van der Waals surface area contributed by atoms with Crippen molar-refractivity contribution in [2.45, 2.75) is 59.5 Å². The fourth-order valence-electron chi connectivity index (χ4n) is 7.03. The Labute approximate surface area is 229 Å². The fourth-order valence-corrected chi connectivity index (χ4v) is 7.03. The molecule has 1 aromatic carbocycles. The summed E-state index contributed by atoms with van der Waals surface area (Å²) in [5, 5.41) is 9.54. The lowest BCUT2D eigenvalue weighted by molar-refractivity contribution is -0.140. The average molecular weight is 537 g/mol. The number of carboxylic acids is 1. The van der Waals surface area contributed by atoms with Gasteiger partial charge in [0.05, 0.1) is 25.7 Å². The molecule has 0 aromatic heterocycles. The first-order valence-electron chi connectivity index (χ1n) is 14.0. The van der Waals surface area contributed by atoms with Gasteiger partial charge in [-0.2, -0.15) is 0 Å². The first kappa shape index (κ1) is 26.2. The van der Waals surface area contributed by atoms with Crippen LogP contribution in [0.3, 0.4) is 0 Å². The number of hydrogen-bond acceptors (Lipinski definition) is 5. The van der Waals surface area contributed by atoms with Crippen LogP contribution in [0.4, 0.5) is 4.39 Å². The molecule has 39 heavy (non-hydrogen) atoms. The van der Waals surface area contributed by atoms with E-state index < -0.39 is 5.97 Å². The number of carboxylic acid groups (broad SMARTS) is 1. The Morgan fingerprint density at radius 1 is 1.23 bits per heavy atom. The van der Waals surface area contributed by atoms with E-state index in [4.69, 9.17) is 18.9 Å². The summed E-state index contributed by atoms with van der Waals surface area (Å²) < 4.78 is 38.8. The van der Waals surface area contributed by atoms with Gasteiger partial charge in [-0.3, -0.25) is 4.79 Å². The summed E-state index contributed by atoms with van der Waals surface area (Å²) in [6.45, 7) is 10.2. The number of halogens is 1. The predicted octanol–water partition coefficient (Wildman–Crippen LogP) is 6.43. The largest absolute Gasteiger partial charge is 0.497 e. The van der Waals surface area contributed by atoms with Crippen LogP contribution in [0, 0.1) is 36.5 Å². The van der Waals surface area contributed by atoms with Crippen LogP contribution >= 0.6 is 0 Å². The normalized spacial score (nSPS) is 33.3. The summed E-state index contributed by atoms with van der Waals surface area (Å²) in [7, 11) is 0. The summed E-state index contributed by atoms with van der Waals surface area (Å²) in [5.41, 5.74) is 4.34. The fraction of sp³-hybridized carbons (Fsp3) is 0.531. The molecule has 3 aliphatic carbocycles. The van der Waals surface area contributed by atoms with E-state index in [-0.39, 0.29) is 41.2 Å². The van der Waals surface area contributed by atoms with E-state index in [2.05, 4.69) is 39.8 Å². The zero-order chi connectivity index (χ0) is 27.5. The summed E-state index contributed by atoms with van der Waals surface area (Å²) >= 11 is 0. The Morgan fingerprint density at radius 3 is 2.67 bits per heavy atom. The molecule has 1 spiro atoms. The smallest absolute Gasteiger partial charge is 0.307 e. The molecule has 1 saturated carbocycles. The number of aryl methyl sites for hydroxylation is 2. The molecule has 1 aromatic rings. The van der Waals surface area contributed by atoms with E-state index >= 15 is 4.39 Å². The summed E-state index contributed by atoms with van der Waals surface area (Å²) in [4.78, 5) is 11.6. The molecule has 0 radical (unpaired) electrons. The van der Waals surface area contributed by atoms with Gasteiger partial charge < -0.3 is 24.1 Å². The summed E-state index contributed by atoms with van der Waals surface area (Å²) in [6, 6.07) is 4.14. The minimum atomic E-state index is -0.750. The molecule has 1 N–H and O–H groups in total. The molecule has 2 aliphatic heterocycles. The molecular weight excluding hydrogens is 499 g/mol. The number of ether oxygens (including phenoxy) is 4. The third kappa shape index (κ3) is 4.39. The number of rotatable bonds is 7. The highest BCUT2D eigenvalue weighted by molar-refractivity contribution is 5.77. The van der Waals surface area contributed by atoms with Crippen molar-refractivity contribution in [3.8, 4) is 5.75 Å². The number of benzene rings is 1. The van der Waals surface area contributed by atoms with Crippen molar-refractivity contribution in [3.63, 3.8) is 0 Å². The SMILES string of the molecule is Cc1cc(O[C@H]2CCOC2)cc(C)c1C1=CC(COC2=CCC3(C)C(=C2)OCC32CC2C(=O)O)=C(F)CC1C. The number of aliphatic carboxylic acids is 1. The third-order valence-electron chi connectivity index (χ3n) is 9.56. The van der Waals surface area contributed by atoms with Gasteiger partial charge in [0.2, 0.25) is 0 Å². The van der Waals surface area contributed by atoms with Gasteiger partial charge in [0, 0.05) is 35.3 Å². The van der Waals surface area contributed by atoms with Gasteiger partial charge in [-0.1, -0.05) is 13.8 Å². The van der Waals surface area contributed by atoms with Crippen molar-refractivity contribution in [1.29, 1.82) is 0 Å². The molecule has 7 heteroatoms. The molecule has 2 saturated heterocycles. The quantitative estimate of drug-likeness (QED) is 0.433. The van der Waals surface area contributed by atoms with Gasteiger partial charge in [-0.05, 0) is 79.2 Å². The third-order valence-corrected chi connectivity index (χ3v) is 9.56.